The molecule has 8 nitrogen and oxygen atoms in total. The minimum atomic E-state index is -0.477. The summed E-state index contributed by atoms with van der Waals surface area (Å²) in [5.41, 5.74) is 1.65. The molecule has 1 saturated heterocycles. The van der Waals surface area contributed by atoms with Crippen LogP contribution in [0.15, 0.2) is 36.7 Å². The van der Waals surface area contributed by atoms with Crippen molar-refractivity contribution in [3.05, 3.63) is 42.2 Å². The van der Waals surface area contributed by atoms with Crippen LogP contribution in [0, 0.1) is 5.92 Å². The minimum Gasteiger partial charge on any atom is -0.343 e. The molecule has 0 bridgehead atoms. The van der Waals surface area contributed by atoms with E-state index in [1.807, 2.05) is 50.9 Å². The van der Waals surface area contributed by atoms with Crippen LogP contribution in [0.5, 0.6) is 0 Å². The van der Waals surface area contributed by atoms with Gasteiger partial charge in [-0.05, 0) is 44.0 Å². The Balaban J connectivity index is 1.39. The first-order valence-electron chi connectivity index (χ1n) is 11.7. The van der Waals surface area contributed by atoms with Crippen molar-refractivity contribution in [2.24, 2.45) is 5.92 Å². The van der Waals surface area contributed by atoms with E-state index in [2.05, 4.69) is 10.6 Å². The smallest absolute Gasteiger partial charge is 0.255 e. The fourth-order valence-corrected chi connectivity index (χ4v) is 4.92. The molecule has 8 heteroatoms. The third kappa shape index (κ3) is 4.96. The zero-order chi connectivity index (χ0) is 22.5. The van der Waals surface area contributed by atoms with Crippen LogP contribution < -0.4 is 10.6 Å². The third-order valence-electron chi connectivity index (χ3n) is 6.67. The number of aromatic nitrogens is 1. The van der Waals surface area contributed by atoms with Gasteiger partial charge in [0.05, 0.1) is 12.1 Å². The molecule has 2 N–H and O–H groups in total. The summed E-state index contributed by atoms with van der Waals surface area (Å²) in [7, 11) is 1.72. The summed E-state index contributed by atoms with van der Waals surface area (Å²) in [6.45, 7) is 2.17. The van der Waals surface area contributed by atoms with Crippen LogP contribution in [0.25, 0.3) is 5.52 Å². The number of piperazine rings is 1. The number of hydrogen-bond donors (Lipinski definition) is 2. The Bertz CT molecular complexity index is 924. The van der Waals surface area contributed by atoms with Crippen molar-refractivity contribution in [2.75, 3.05) is 39.8 Å². The van der Waals surface area contributed by atoms with E-state index >= 15 is 0 Å². The van der Waals surface area contributed by atoms with Gasteiger partial charge in [0, 0.05) is 44.1 Å². The third-order valence-corrected chi connectivity index (χ3v) is 6.67. The number of nitrogens with zero attached hydrogens (tertiary/aromatic N) is 3. The molecule has 2 fully saturated rings. The molecule has 0 spiro atoms. The summed E-state index contributed by atoms with van der Waals surface area (Å²) < 4.78 is 1.94. The van der Waals surface area contributed by atoms with Crippen LogP contribution in [0.1, 0.15) is 42.5 Å². The SMILES string of the molecule is CNCC(=O)NC(C(=O)N1CCN(C(=O)c2cc3ccccn3c2)CC1)C1CCCCC1. The van der Waals surface area contributed by atoms with E-state index in [9.17, 15) is 14.4 Å². The van der Waals surface area contributed by atoms with Crippen LogP contribution in [-0.2, 0) is 9.59 Å². The molecule has 1 saturated carbocycles. The lowest BCUT2D eigenvalue weighted by molar-refractivity contribution is -0.139. The molecule has 0 radical (unpaired) electrons. The lowest BCUT2D eigenvalue weighted by Crippen LogP contribution is -2.58. The molecule has 0 aromatic carbocycles. The van der Waals surface area contributed by atoms with Crippen molar-refractivity contribution >= 4 is 23.2 Å². The summed E-state index contributed by atoms with van der Waals surface area (Å²) in [5, 5.41) is 5.84. The monoisotopic (exact) mass is 439 g/mol. The zero-order valence-corrected chi connectivity index (χ0v) is 18.8. The van der Waals surface area contributed by atoms with Gasteiger partial charge in [0.15, 0.2) is 0 Å². The predicted octanol–water partition coefficient (Wildman–Crippen LogP) is 1.51. The van der Waals surface area contributed by atoms with Crippen molar-refractivity contribution in [3.63, 3.8) is 0 Å². The number of pyridine rings is 1. The van der Waals surface area contributed by atoms with Gasteiger partial charge in [-0.3, -0.25) is 14.4 Å². The molecule has 4 rings (SSSR count). The molecule has 32 heavy (non-hydrogen) atoms. The van der Waals surface area contributed by atoms with E-state index in [1.54, 1.807) is 7.05 Å². The highest BCUT2D eigenvalue weighted by Crippen LogP contribution is 2.28. The Morgan fingerprint density at radius 2 is 1.75 bits per heavy atom. The topological polar surface area (TPSA) is 86.2 Å². The lowest BCUT2D eigenvalue weighted by Gasteiger charge is -2.38. The Morgan fingerprint density at radius 1 is 1.03 bits per heavy atom. The summed E-state index contributed by atoms with van der Waals surface area (Å²) in [6, 6.07) is 7.28. The second-order valence-corrected chi connectivity index (χ2v) is 8.85. The Hall–Kier alpha value is -2.87. The van der Waals surface area contributed by atoms with Crippen molar-refractivity contribution in [1.29, 1.82) is 0 Å². The predicted molar refractivity (Wildman–Crippen MR) is 122 cm³/mol. The van der Waals surface area contributed by atoms with E-state index in [4.69, 9.17) is 0 Å². The van der Waals surface area contributed by atoms with Gasteiger partial charge in [-0.25, -0.2) is 0 Å². The van der Waals surface area contributed by atoms with Crippen molar-refractivity contribution in [1.82, 2.24) is 24.8 Å². The highest BCUT2D eigenvalue weighted by atomic mass is 16.2. The lowest BCUT2D eigenvalue weighted by atomic mass is 9.83. The number of carbonyl (C=O) groups is 3. The van der Waals surface area contributed by atoms with Gasteiger partial charge in [0.1, 0.15) is 6.04 Å². The van der Waals surface area contributed by atoms with Crippen molar-refractivity contribution in [2.45, 2.75) is 38.1 Å². The molecule has 2 aromatic heterocycles. The Labute approximate surface area is 188 Å². The van der Waals surface area contributed by atoms with E-state index in [0.29, 0.717) is 31.7 Å². The van der Waals surface area contributed by atoms with Crippen LogP contribution in [0.2, 0.25) is 0 Å². The van der Waals surface area contributed by atoms with Crippen LogP contribution in [0.3, 0.4) is 0 Å². The van der Waals surface area contributed by atoms with Gasteiger partial charge in [-0.15, -0.1) is 0 Å². The molecular formula is C24H33N5O3. The van der Waals surface area contributed by atoms with Crippen LogP contribution in [-0.4, -0.2) is 77.7 Å². The van der Waals surface area contributed by atoms with Gasteiger partial charge >= 0.3 is 0 Å². The van der Waals surface area contributed by atoms with Crippen LogP contribution >= 0.6 is 0 Å². The van der Waals surface area contributed by atoms with Gasteiger partial charge < -0.3 is 24.8 Å². The first-order valence-corrected chi connectivity index (χ1v) is 11.7. The van der Waals surface area contributed by atoms with Gasteiger partial charge in [-0.1, -0.05) is 25.3 Å². The maximum atomic E-state index is 13.4. The van der Waals surface area contributed by atoms with Gasteiger partial charge in [0.2, 0.25) is 11.8 Å². The van der Waals surface area contributed by atoms with Gasteiger partial charge in [0.25, 0.3) is 5.91 Å². The Kier molecular flexibility index (Phi) is 7.09. The van der Waals surface area contributed by atoms with Gasteiger partial charge in [-0.2, -0.15) is 0 Å². The maximum Gasteiger partial charge on any atom is 0.255 e. The summed E-state index contributed by atoms with van der Waals surface area (Å²) >= 11 is 0. The quantitative estimate of drug-likeness (QED) is 0.715. The van der Waals surface area contributed by atoms with Crippen molar-refractivity contribution < 1.29 is 14.4 Å². The molecule has 2 aromatic rings. The summed E-state index contributed by atoms with van der Waals surface area (Å²) in [4.78, 5) is 42.3. The Morgan fingerprint density at radius 3 is 2.44 bits per heavy atom. The normalized spacial score (nSPS) is 18.5. The maximum absolute atomic E-state index is 13.4. The standard InChI is InChI=1S/C24H33N5O3/c1-25-16-21(30)26-22(18-7-3-2-4-8-18)24(32)28-13-11-27(12-14-28)23(31)19-15-20-9-5-6-10-29(20)17-19/h5-6,9-10,15,17-18,22,25H,2-4,7-8,11-14,16H2,1H3,(H,26,30). The molecular weight excluding hydrogens is 406 g/mol. The second-order valence-electron chi connectivity index (χ2n) is 8.85. The fraction of sp³-hybridized carbons (Fsp3) is 0.542. The van der Waals surface area contributed by atoms with E-state index in [1.165, 1.54) is 6.42 Å². The number of rotatable bonds is 6. The number of fused-ring (bicyclic) bond motifs is 1. The summed E-state index contributed by atoms with van der Waals surface area (Å²) in [6.07, 6.45) is 9.11. The fourth-order valence-electron chi connectivity index (χ4n) is 4.92. The van der Waals surface area contributed by atoms with E-state index in [-0.39, 0.29) is 30.2 Å². The molecule has 3 amide bonds. The summed E-state index contributed by atoms with van der Waals surface area (Å²) in [5.74, 6) is 0.0199. The molecule has 1 unspecified atom stereocenters. The molecule has 1 atom stereocenters. The first kappa shape index (κ1) is 22.3. The zero-order valence-electron chi connectivity index (χ0n) is 18.8. The highest BCUT2D eigenvalue weighted by molar-refractivity contribution is 5.96. The number of amides is 3. The largest absolute Gasteiger partial charge is 0.343 e. The first-order chi connectivity index (χ1) is 15.6. The van der Waals surface area contributed by atoms with Crippen LogP contribution in [0.4, 0.5) is 0 Å². The number of nitrogens with one attached hydrogen (secondary N) is 2. The molecule has 1 aliphatic carbocycles. The molecule has 1 aliphatic heterocycles. The second kappa shape index (κ2) is 10.2. The highest BCUT2D eigenvalue weighted by Gasteiger charge is 2.35. The van der Waals surface area contributed by atoms with E-state index < -0.39 is 6.04 Å². The average molecular weight is 440 g/mol. The molecule has 172 valence electrons. The van der Waals surface area contributed by atoms with Crippen molar-refractivity contribution in [3.8, 4) is 0 Å². The minimum absolute atomic E-state index is 0.00745. The average Bonchev–Trinajstić information content (AvgIpc) is 3.27. The number of hydrogen-bond acceptors (Lipinski definition) is 4. The number of likely N-dealkylation sites (N-methyl/N-ethyl adjacent to an activating group) is 1. The molecule has 3 heterocycles. The van der Waals surface area contributed by atoms with E-state index in [0.717, 1.165) is 31.2 Å². The number of carbonyl (C=O) groups excluding carboxylic acids is 3. The molecule has 2 aliphatic rings.